The van der Waals surface area contributed by atoms with Crippen molar-refractivity contribution in [3.05, 3.63) is 89.9 Å². The number of rotatable bonds is 6. The van der Waals surface area contributed by atoms with Gasteiger partial charge in [0.25, 0.3) is 0 Å². The first-order valence-electron chi connectivity index (χ1n) is 8.28. The van der Waals surface area contributed by atoms with Crippen LogP contribution in [0.4, 0.5) is 8.78 Å². The quantitative estimate of drug-likeness (QED) is 0.432. The van der Waals surface area contributed by atoms with E-state index in [0.29, 0.717) is 34.6 Å². The lowest BCUT2D eigenvalue weighted by Crippen LogP contribution is -2.04. The molecular formula is C20H15F2N3OS. The average molecular weight is 383 g/mol. The number of aromatic nitrogens is 3. The van der Waals surface area contributed by atoms with Gasteiger partial charge in [0, 0.05) is 5.75 Å². The average Bonchev–Trinajstić information content (AvgIpc) is 3.31. The van der Waals surface area contributed by atoms with Crippen molar-refractivity contribution >= 4 is 11.8 Å². The Morgan fingerprint density at radius 2 is 1.85 bits per heavy atom. The van der Waals surface area contributed by atoms with Crippen molar-refractivity contribution in [3.8, 4) is 11.4 Å². The summed E-state index contributed by atoms with van der Waals surface area (Å²) < 4.78 is 34.9. The van der Waals surface area contributed by atoms with E-state index in [1.807, 2.05) is 12.1 Å². The van der Waals surface area contributed by atoms with E-state index in [1.54, 1.807) is 41.2 Å². The van der Waals surface area contributed by atoms with Crippen LogP contribution in [0.5, 0.6) is 0 Å². The van der Waals surface area contributed by atoms with Crippen molar-refractivity contribution in [1.82, 2.24) is 14.8 Å². The molecule has 4 rings (SSSR count). The van der Waals surface area contributed by atoms with Crippen LogP contribution in [0.3, 0.4) is 0 Å². The summed E-state index contributed by atoms with van der Waals surface area (Å²) in [5, 5.41) is 9.02. The third-order valence-corrected chi connectivity index (χ3v) is 5.02. The maximum Gasteiger partial charge on any atom is 0.192 e. The van der Waals surface area contributed by atoms with Gasteiger partial charge in [-0.15, -0.1) is 10.2 Å². The summed E-state index contributed by atoms with van der Waals surface area (Å²) in [7, 11) is 0. The van der Waals surface area contributed by atoms with Gasteiger partial charge in [0.1, 0.15) is 17.4 Å². The molecule has 0 radical (unpaired) electrons. The molecule has 0 bridgehead atoms. The van der Waals surface area contributed by atoms with E-state index < -0.39 is 0 Å². The molecule has 27 heavy (non-hydrogen) atoms. The zero-order chi connectivity index (χ0) is 18.6. The lowest BCUT2D eigenvalue weighted by atomic mass is 10.2. The van der Waals surface area contributed by atoms with Crippen molar-refractivity contribution in [2.24, 2.45) is 0 Å². The van der Waals surface area contributed by atoms with E-state index in [1.165, 1.54) is 30.0 Å². The van der Waals surface area contributed by atoms with Gasteiger partial charge in [0.05, 0.1) is 18.4 Å². The van der Waals surface area contributed by atoms with E-state index in [4.69, 9.17) is 4.42 Å². The van der Waals surface area contributed by atoms with Gasteiger partial charge >= 0.3 is 0 Å². The lowest BCUT2D eigenvalue weighted by Gasteiger charge is -2.09. The number of furan rings is 1. The Bertz CT molecular complexity index is 1050. The van der Waals surface area contributed by atoms with Crippen molar-refractivity contribution in [1.29, 1.82) is 0 Å². The van der Waals surface area contributed by atoms with Crippen LogP contribution in [0.1, 0.15) is 11.3 Å². The number of benzene rings is 2. The Labute approximate surface area is 158 Å². The fourth-order valence-electron chi connectivity index (χ4n) is 2.71. The van der Waals surface area contributed by atoms with Gasteiger partial charge in [-0.05, 0) is 42.0 Å². The second-order valence-electron chi connectivity index (χ2n) is 5.87. The fraction of sp³-hybridized carbons (Fsp3) is 0.100. The second-order valence-corrected chi connectivity index (χ2v) is 6.81. The summed E-state index contributed by atoms with van der Waals surface area (Å²) in [6, 6.07) is 16.5. The van der Waals surface area contributed by atoms with Gasteiger partial charge in [0.15, 0.2) is 11.0 Å². The zero-order valence-corrected chi connectivity index (χ0v) is 15.0. The summed E-state index contributed by atoms with van der Waals surface area (Å²) >= 11 is 1.41. The highest BCUT2D eigenvalue weighted by atomic mass is 32.2. The molecule has 4 nitrogen and oxygen atoms in total. The summed E-state index contributed by atoms with van der Waals surface area (Å²) in [5.74, 6) is 1.00. The molecule has 4 aromatic rings. The predicted molar refractivity (Wildman–Crippen MR) is 99.2 cm³/mol. The molecule has 136 valence electrons. The van der Waals surface area contributed by atoms with Crippen molar-refractivity contribution < 1.29 is 13.2 Å². The first kappa shape index (κ1) is 17.5. The molecule has 0 atom stereocenters. The molecule has 0 saturated carbocycles. The van der Waals surface area contributed by atoms with Gasteiger partial charge in [0.2, 0.25) is 0 Å². The number of hydrogen-bond donors (Lipinski definition) is 0. The van der Waals surface area contributed by atoms with Gasteiger partial charge < -0.3 is 4.42 Å². The molecular weight excluding hydrogens is 368 g/mol. The molecule has 0 saturated heterocycles. The molecule has 0 fully saturated rings. The lowest BCUT2D eigenvalue weighted by molar-refractivity contribution is 0.485. The Balaban J connectivity index is 1.67. The van der Waals surface area contributed by atoms with E-state index in [2.05, 4.69) is 10.2 Å². The van der Waals surface area contributed by atoms with Crippen LogP contribution >= 0.6 is 11.8 Å². The summed E-state index contributed by atoms with van der Waals surface area (Å²) in [4.78, 5) is 0. The molecule has 0 N–H and O–H groups in total. The highest BCUT2D eigenvalue weighted by Gasteiger charge is 2.18. The molecule has 0 amide bonds. The zero-order valence-electron chi connectivity index (χ0n) is 14.2. The second kappa shape index (κ2) is 7.75. The number of thioether (sulfide) groups is 1. The van der Waals surface area contributed by atoms with Gasteiger partial charge in [-0.2, -0.15) is 0 Å². The SMILES string of the molecule is Fc1cccc(CSc2nnc(-c3ccccc3F)n2Cc2ccco2)c1. The summed E-state index contributed by atoms with van der Waals surface area (Å²) in [6.07, 6.45) is 1.59. The van der Waals surface area contributed by atoms with Crippen LogP contribution in [0.25, 0.3) is 11.4 Å². The van der Waals surface area contributed by atoms with Crippen LogP contribution in [0, 0.1) is 11.6 Å². The fourth-order valence-corrected chi connectivity index (χ4v) is 3.59. The smallest absolute Gasteiger partial charge is 0.192 e. The van der Waals surface area contributed by atoms with Crippen LogP contribution in [-0.4, -0.2) is 14.8 Å². The maximum absolute atomic E-state index is 14.3. The normalized spacial score (nSPS) is 11.0. The number of halogens is 2. The van der Waals surface area contributed by atoms with Crippen LogP contribution in [0.15, 0.2) is 76.5 Å². The molecule has 7 heteroatoms. The molecule has 0 aliphatic carbocycles. The Morgan fingerprint density at radius 1 is 0.963 bits per heavy atom. The number of nitrogens with zero attached hydrogens (tertiary/aromatic N) is 3. The van der Waals surface area contributed by atoms with Crippen molar-refractivity contribution in [2.75, 3.05) is 0 Å². The topological polar surface area (TPSA) is 43.9 Å². The van der Waals surface area contributed by atoms with Gasteiger partial charge in [-0.3, -0.25) is 4.57 Å². The third kappa shape index (κ3) is 3.93. The van der Waals surface area contributed by atoms with E-state index in [-0.39, 0.29) is 11.6 Å². The Kier molecular flexibility index (Phi) is 5.02. The van der Waals surface area contributed by atoms with Gasteiger partial charge in [-0.25, -0.2) is 8.78 Å². The van der Waals surface area contributed by atoms with Crippen molar-refractivity contribution in [3.63, 3.8) is 0 Å². The summed E-state index contributed by atoms with van der Waals surface area (Å²) in [6.45, 7) is 0.370. The monoisotopic (exact) mass is 383 g/mol. The van der Waals surface area contributed by atoms with Crippen LogP contribution < -0.4 is 0 Å². The highest BCUT2D eigenvalue weighted by Crippen LogP contribution is 2.28. The Morgan fingerprint density at radius 3 is 2.63 bits per heavy atom. The maximum atomic E-state index is 14.3. The van der Waals surface area contributed by atoms with E-state index >= 15 is 0 Å². The summed E-state index contributed by atoms with van der Waals surface area (Å²) in [5.41, 5.74) is 1.20. The van der Waals surface area contributed by atoms with Crippen LogP contribution in [-0.2, 0) is 12.3 Å². The minimum absolute atomic E-state index is 0.280. The van der Waals surface area contributed by atoms with Crippen LogP contribution in [0.2, 0.25) is 0 Å². The largest absolute Gasteiger partial charge is 0.467 e. The van der Waals surface area contributed by atoms with Crippen molar-refractivity contribution in [2.45, 2.75) is 17.5 Å². The molecule has 0 aliphatic heterocycles. The third-order valence-electron chi connectivity index (χ3n) is 3.98. The van der Waals surface area contributed by atoms with Gasteiger partial charge in [-0.1, -0.05) is 36.0 Å². The number of hydrogen-bond acceptors (Lipinski definition) is 4. The standard InChI is InChI=1S/C20H15F2N3OS/c21-15-6-3-5-14(11-15)13-27-20-24-23-19(17-8-1-2-9-18(17)22)25(20)12-16-7-4-10-26-16/h1-11H,12-13H2. The molecule has 0 unspecified atom stereocenters. The first-order chi connectivity index (χ1) is 13.2. The molecule has 0 spiro atoms. The minimum Gasteiger partial charge on any atom is -0.467 e. The van der Waals surface area contributed by atoms with E-state index in [9.17, 15) is 8.78 Å². The first-order valence-corrected chi connectivity index (χ1v) is 9.27. The molecule has 2 aromatic heterocycles. The molecule has 2 aromatic carbocycles. The highest BCUT2D eigenvalue weighted by molar-refractivity contribution is 7.98. The molecule has 2 heterocycles. The predicted octanol–water partition coefficient (Wildman–Crippen LogP) is 5.16. The van der Waals surface area contributed by atoms with E-state index in [0.717, 1.165) is 5.56 Å². The Hall–Kier alpha value is -2.93. The minimum atomic E-state index is -0.368. The molecule has 0 aliphatic rings.